The molecule has 1 spiro atoms. The predicted molar refractivity (Wildman–Crippen MR) is 66.0 cm³/mol. The maximum atomic E-state index is 10.1. The van der Waals surface area contributed by atoms with Gasteiger partial charge in [-0.15, -0.1) is 12.4 Å². The summed E-state index contributed by atoms with van der Waals surface area (Å²) in [5.74, 6) is 1.51. The Morgan fingerprint density at radius 1 is 1.47 bits per heavy atom. The van der Waals surface area contributed by atoms with E-state index in [1.807, 2.05) is 18.2 Å². The molecule has 0 aliphatic carbocycles. The van der Waals surface area contributed by atoms with Crippen molar-refractivity contribution in [2.75, 3.05) is 20.2 Å². The minimum absolute atomic E-state index is 0. The van der Waals surface area contributed by atoms with Crippen molar-refractivity contribution in [1.82, 2.24) is 5.32 Å². The summed E-state index contributed by atoms with van der Waals surface area (Å²) in [6.07, 6.45) is 0.232. The standard InChI is InChI=1S/C12H15NO3.ClH/c1-15-8-2-3-9-10(14)5-12(6-13-7-12)16-11(9)4-8;/h2-4,10,13-14H,5-7H2,1H3;1H. The number of hydrogen-bond donors (Lipinski definition) is 2. The Morgan fingerprint density at radius 2 is 2.24 bits per heavy atom. The van der Waals surface area contributed by atoms with Crippen molar-refractivity contribution in [3.05, 3.63) is 23.8 Å². The van der Waals surface area contributed by atoms with E-state index in [9.17, 15) is 5.11 Å². The highest BCUT2D eigenvalue weighted by molar-refractivity contribution is 5.85. The first-order valence-electron chi connectivity index (χ1n) is 5.48. The summed E-state index contributed by atoms with van der Waals surface area (Å²) in [5, 5.41) is 13.3. The molecule has 0 saturated carbocycles. The van der Waals surface area contributed by atoms with Gasteiger partial charge in [0.2, 0.25) is 0 Å². The van der Waals surface area contributed by atoms with Crippen molar-refractivity contribution < 1.29 is 14.6 Å². The fourth-order valence-electron chi connectivity index (χ4n) is 2.36. The van der Waals surface area contributed by atoms with Crippen molar-refractivity contribution in [2.45, 2.75) is 18.1 Å². The second-order valence-electron chi connectivity index (χ2n) is 4.51. The van der Waals surface area contributed by atoms with Crippen molar-refractivity contribution in [2.24, 2.45) is 0 Å². The first-order valence-corrected chi connectivity index (χ1v) is 5.48. The number of aliphatic hydroxyl groups excluding tert-OH is 1. The van der Waals surface area contributed by atoms with Crippen molar-refractivity contribution in [3.63, 3.8) is 0 Å². The van der Waals surface area contributed by atoms with Crippen molar-refractivity contribution >= 4 is 12.4 Å². The molecular weight excluding hydrogens is 242 g/mol. The predicted octanol–water partition coefficient (Wildman–Crippen LogP) is 1.27. The molecule has 1 atom stereocenters. The van der Waals surface area contributed by atoms with Gasteiger partial charge in [0.25, 0.3) is 0 Å². The van der Waals surface area contributed by atoms with E-state index in [2.05, 4.69) is 5.32 Å². The van der Waals surface area contributed by atoms with E-state index in [0.29, 0.717) is 6.42 Å². The lowest BCUT2D eigenvalue weighted by Gasteiger charge is -2.47. The zero-order valence-electron chi connectivity index (χ0n) is 9.60. The molecule has 1 saturated heterocycles. The van der Waals surface area contributed by atoms with Crippen LogP contribution in [0.5, 0.6) is 11.5 Å². The van der Waals surface area contributed by atoms with Crippen molar-refractivity contribution in [3.8, 4) is 11.5 Å². The topological polar surface area (TPSA) is 50.7 Å². The van der Waals surface area contributed by atoms with E-state index in [1.165, 1.54) is 0 Å². The molecule has 0 aromatic heterocycles. The molecule has 5 heteroatoms. The highest BCUT2D eigenvalue weighted by Crippen LogP contribution is 2.42. The summed E-state index contributed by atoms with van der Waals surface area (Å²) in [5.41, 5.74) is 0.650. The minimum Gasteiger partial charge on any atom is -0.497 e. The fourth-order valence-corrected chi connectivity index (χ4v) is 2.36. The molecule has 3 rings (SSSR count). The second-order valence-corrected chi connectivity index (χ2v) is 4.51. The number of benzene rings is 1. The molecule has 2 N–H and O–H groups in total. The largest absolute Gasteiger partial charge is 0.497 e. The van der Waals surface area contributed by atoms with Gasteiger partial charge >= 0.3 is 0 Å². The molecule has 1 aromatic carbocycles. The number of aliphatic hydroxyl groups is 1. The summed E-state index contributed by atoms with van der Waals surface area (Å²) < 4.78 is 11.1. The Hall–Kier alpha value is -0.970. The first kappa shape index (κ1) is 12.5. The van der Waals surface area contributed by atoms with Gasteiger partial charge in [0.1, 0.15) is 17.1 Å². The van der Waals surface area contributed by atoms with E-state index in [0.717, 1.165) is 30.2 Å². The van der Waals surface area contributed by atoms with Crippen LogP contribution < -0.4 is 14.8 Å². The zero-order valence-corrected chi connectivity index (χ0v) is 10.4. The average Bonchev–Trinajstić information content (AvgIpc) is 2.26. The van der Waals surface area contributed by atoms with Gasteiger partial charge in [-0.05, 0) is 12.1 Å². The quantitative estimate of drug-likeness (QED) is 0.796. The molecule has 0 radical (unpaired) electrons. The van der Waals surface area contributed by atoms with Gasteiger partial charge in [-0.2, -0.15) is 0 Å². The molecule has 2 aliphatic rings. The van der Waals surface area contributed by atoms with Crippen LogP contribution in [0.25, 0.3) is 0 Å². The Morgan fingerprint density at radius 3 is 2.82 bits per heavy atom. The molecule has 0 bridgehead atoms. The number of halogens is 1. The van der Waals surface area contributed by atoms with Crippen LogP contribution in [-0.2, 0) is 0 Å². The molecule has 17 heavy (non-hydrogen) atoms. The molecule has 1 fully saturated rings. The molecule has 2 heterocycles. The lowest BCUT2D eigenvalue weighted by Crippen LogP contribution is -2.64. The highest BCUT2D eigenvalue weighted by Gasteiger charge is 2.45. The summed E-state index contributed by atoms with van der Waals surface area (Å²) in [6, 6.07) is 5.57. The number of nitrogens with one attached hydrogen (secondary N) is 1. The number of methoxy groups -OCH3 is 1. The average molecular weight is 258 g/mol. The van der Waals surface area contributed by atoms with Crippen LogP contribution >= 0.6 is 12.4 Å². The SMILES string of the molecule is COc1ccc2c(c1)OC1(CNC1)CC2O.Cl. The van der Waals surface area contributed by atoms with Gasteiger partial charge in [-0.1, -0.05) is 0 Å². The Balaban J connectivity index is 0.00000108. The van der Waals surface area contributed by atoms with Gasteiger partial charge < -0.3 is 19.9 Å². The molecule has 2 aliphatic heterocycles. The maximum absolute atomic E-state index is 10.1. The monoisotopic (exact) mass is 257 g/mol. The van der Waals surface area contributed by atoms with E-state index in [4.69, 9.17) is 9.47 Å². The van der Waals surface area contributed by atoms with Gasteiger partial charge in [-0.3, -0.25) is 0 Å². The van der Waals surface area contributed by atoms with Crippen molar-refractivity contribution in [1.29, 1.82) is 0 Å². The van der Waals surface area contributed by atoms with Gasteiger partial charge in [0.05, 0.1) is 13.2 Å². The minimum atomic E-state index is -0.434. The zero-order chi connectivity index (χ0) is 11.2. The summed E-state index contributed by atoms with van der Waals surface area (Å²) in [4.78, 5) is 0. The van der Waals surface area contributed by atoms with Crippen LogP contribution in [0.2, 0.25) is 0 Å². The highest BCUT2D eigenvalue weighted by atomic mass is 35.5. The molecule has 4 nitrogen and oxygen atoms in total. The number of ether oxygens (including phenoxy) is 2. The Labute approximate surface area is 106 Å². The third-order valence-electron chi connectivity index (χ3n) is 3.37. The smallest absolute Gasteiger partial charge is 0.136 e. The summed E-state index contributed by atoms with van der Waals surface area (Å²) in [7, 11) is 1.63. The molecule has 0 amide bonds. The van der Waals surface area contributed by atoms with Crippen LogP contribution in [0.15, 0.2) is 18.2 Å². The summed E-state index contributed by atoms with van der Waals surface area (Å²) >= 11 is 0. The fraction of sp³-hybridized carbons (Fsp3) is 0.500. The van der Waals surface area contributed by atoms with Gasteiger partial charge in [0.15, 0.2) is 0 Å². The third kappa shape index (κ3) is 1.97. The third-order valence-corrected chi connectivity index (χ3v) is 3.37. The number of hydrogen-bond acceptors (Lipinski definition) is 4. The Kier molecular flexibility index (Phi) is 3.21. The molecular formula is C12H16ClNO3. The van der Waals surface area contributed by atoms with E-state index in [-0.39, 0.29) is 18.0 Å². The van der Waals surface area contributed by atoms with Crippen LogP contribution in [0.4, 0.5) is 0 Å². The number of rotatable bonds is 1. The lowest BCUT2D eigenvalue weighted by molar-refractivity contribution is -0.0483. The first-order chi connectivity index (χ1) is 7.72. The second kappa shape index (κ2) is 4.37. The van der Waals surface area contributed by atoms with Crippen LogP contribution in [0.1, 0.15) is 18.1 Å². The molecule has 1 unspecified atom stereocenters. The van der Waals surface area contributed by atoms with Crippen LogP contribution in [0, 0.1) is 0 Å². The van der Waals surface area contributed by atoms with Gasteiger partial charge in [0, 0.05) is 31.1 Å². The summed E-state index contributed by atoms with van der Waals surface area (Å²) in [6.45, 7) is 1.61. The van der Waals surface area contributed by atoms with Gasteiger partial charge in [-0.25, -0.2) is 0 Å². The van der Waals surface area contributed by atoms with E-state index in [1.54, 1.807) is 7.11 Å². The molecule has 94 valence electrons. The van der Waals surface area contributed by atoms with E-state index < -0.39 is 6.10 Å². The number of fused-ring (bicyclic) bond motifs is 1. The van der Waals surface area contributed by atoms with Crippen LogP contribution in [0.3, 0.4) is 0 Å². The lowest BCUT2D eigenvalue weighted by atomic mass is 9.84. The van der Waals surface area contributed by atoms with E-state index >= 15 is 0 Å². The molecule has 1 aromatic rings. The normalized spacial score (nSPS) is 24.0. The maximum Gasteiger partial charge on any atom is 0.136 e. The van der Waals surface area contributed by atoms with Crippen LogP contribution in [-0.4, -0.2) is 30.9 Å². The Bertz CT molecular complexity index is 420.